The summed E-state index contributed by atoms with van der Waals surface area (Å²) in [5, 5.41) is 20.9. The summed E-state index contributed by atoms with van der Waals surface area (Å²) in [6.07, 6.45) is 2.44. The summed E-state index contributed by atoms with van der Waals surface area (Å²) >= 11 is 0. The van der Waals surface area contributed by atoms with E-state index in [1.54, 1.807) is 38.1 Å². The van der Waals surface area contributed by atoms with Gasteiger partial charge in [0.15, 0.2) is 0 Å². The number of ether oxygens (including phenoxy) is 1. The van der Waals surface area contributed by atoms with Crippen molar-refractivity contribution >= 4 is 28.6 Å². The molecule has 3 aliphatic rings. The van der Waals surface area contributed by atoms with Gasteiger partial charge in [0, 0.05) is 26.9 Å². The normalized spacial score (nSPS) is 28.9. The van der Waals surface area contributed by atoms with Gasteiger partial charge in [-0.05, 0) is 97.6 Å². The molecule has 267 valence electrons. The summed E-state index contributed by atoms with van der Waals surface area (Å²) in [6.45, 7) is 4.68. The molecule has 0 amide bonds. The second-order valence-corrected chi connectivity index (χ2v) is 16.4. The van der Waals surface area contributed by atoms with E-state index in [-0.39, 0.29) is 56.9 Å². The molecule has 9 nitrogen and oxygen atoms in total. The van der Waals surface area contributed by atoms with Gasteiger partial charge in [0.05, 0.1) is 43.5 Å². The lowest BCUT2D eigenvalue weighted by atomic mass is 9.68. The first-order chi connectivity index (χ1) is 22.3. The molecule has 2 aromatic carbocycles. The maximum absolute atomic E-state index is 13.4. The Kier molecular flexibility index (Phi) is 15.5. The van der Waals surface area contributed by atoms with Crippen LogP contribution < -0.4 is 0 Å². The van der Waals surface area contributed by atoms with Crippen molar-refractivity contribution in [3.05, 3.63) is 71.3 Å². The van der Waals surface area contributed by atoms with Crippen LogP contribution in [0, 0.1) is 35.3 Å². The number of rotatable bonds is 12. The monoisotopic (exact) mass is 713 g/mol. The van der Waals surface area contributed by atoms with E-state index in [0.717, 1.165) is 31.6 Å². The van der Waals surface area contributed by atoms with Crippen LogP contribution in [0.2, 0.25) is 0 Å². The van der Waals surface area contributed by atoms with E-state index in [1.165, 1.54) is 24.3 Å². The molecule has 1 unspecified atom stereocenters. The van der Waals surface area contributed by atoms with Gasteiger partial charge in [-0.25, -0.2) is 8.78 Å². The number of hydrogen-bond donors (Lipinski definition) is 2. The van der Waals surface area contributed by atoms with Crippen LogP contribution in [0.25, 0.3) is 0 Å². The van der Waals surface area contributed by atoms with Crippen molar-refractivity contribution in [1.29, 1.82) is 0 Å². The Morgan fingerprint density at radius 3 is 1.73 bits per heavy atom. The first-order valence-corrected chi connectivity index (χ1v) is 19.7. The third-order valence-corrected chi connectivity index (χ3v) is 12.4. The third kappa shape index (κ3) is 11.0. The Morgan fingerprint density at radius 1 is 0.708 bits per heavy atom. The molecule has 3 fully saturated rings. The highest BCUT2D eigenvalue weighted by Crippen LogP contribution is 2.45. The number of benzene rings is 2. The number of halogens is 2. The Labute approximate surface area is 286 Å². The molecule has 1 heterocycles. The Bertz CT molecular complexity index is 1480. The summed E-state index contributed by atoms with van der Waals surface area (Å²) in [5.74, 6) is -1.19. The van der Waals surface area contributed by atoms with Crippen LogP contribution in [0.15, 0.2) is 48.5 Å². The average molecular weight is 714 g/mol. The lowest BCUT2D eigenvalue weighted by Gasteiger charge is -2.41. The van der Waals surface area contributed by atoms with E-state index in [1.807, 2.05) is 0 Å². The van der Waals surface area contributed by atoms with Gasteiger partial charge >= 0.3 is 0 Å². The van der Waals surface area contributed by atoms with Crippen LogP contribution in [-0.2, 0) is 33.3 Å². The lowest BCUT2D eigenvalue weighted by Crippen LogP contribution is -2.41. The van der Waals surface area contributed by atoms with Crippen molar-refractivity contribution < 1.29 is 48.9 Å². The van der Waals surface area contributed by atoms with Gasteiger partial charge in [0.1, 0.15) is 11.6 Å². The predicted molar refractivity (Wildman–Crippen MR) is 179 cm³/mol. The second kappa shape index (κ2) is 18.3. The van der Waals surface area contributed by atoms with Crippen molar-refractivity contribution in [3.63, 3.8) is 0 Å². The third-order valence-electron chi connectivity index (χ3n) is 9.59. The molecule has 2 saturated carbocycles. The molecule has 8 atom stereocenters. The fourth-order valence-corrected chi connectivity index (χ4v) is 9.25. The summed E-state index contributed by atoms with van der Waals surface area (Å²) < 4.78 is 90.4. The SMILES string of the molecule is CCCS(=O)(=O)OC[C@H]1CC[C@@H](O)[C@@H](c2ccc(F)cc2)[C@@H]1COS(=O)(=O)CCC.O[C@H]1CC[C@@H]2COCC2[C@@H]1c1ccc(F)cc1.[B]. The van der Waals surface area contributed by atoms with E-state index in [9.17, 15) is 35.8 Å². The highest BCUT2D eigenvalue weighted by atomic mass is 32.2. The van der Waals surface area contributed by atoms with E-state index in [4.69, 9.17) is 13.1 Å². The molecule has 5 rings (SSSR count). The summed E-state index contributed by atoms with van der Waals surface area (Å²) in [5.41, 5.74) is 1.69. The molecule has 2 N–H and O–H groups in total. The number of hydrogen-bond acceptors (Lipinski definition) is 9. The minimum absolute atomic E-state index is 0. The molecule has 2 aromatic rings. The standard InChI is InChI=1S/C20H31FO7S2.C14H17FO2.B/c1-3-11-29(23,24)27-13-16-7-10-19(22)20(15-5-8-17(21)9-6-15)18(16)14-28-30(25,26)12-4-2;15-11-4-1-9(2-5-11)14-12-8-17-7-10(12)3-6-13(14)16;/h5-6,8-9,16,18-20,22H,3-4,7,10-14H2,1-2H3;1-2,4-5,10,12-14,16H,3,6-8H2;/t16-,18-,19-,20+;10-,12?,13+,14+;/m11./s1. The van der Waals surface area contributed by atoms with E-state index in [2.05, 4.69) is 0 Å². The largest absolute Gasteiger partial charge is 0.392 e. The summed E-state index contributed by atoms with van der Waals surface area (Å²) in [7, 11) is -7.42. The fraction of sp³-hybridized carbons (Fsp3) is 0.647. The summed E-state index contributed by atoms with van der Waals surface area (Å²) in [4.78, 5) is 0. The fourth-order valence-electron chi connectivity index (χ4n) is 7.26. The quantitative estimate of drug-likeness (QED) is 0.236. The molecule has 1 aliphatic heterocycles. The second-order valence-electron chi connectivity index (χ2n) is 12.9. The number of fused-ring (bicyclic) bond motifs is 1. The average Bonchev–Trinajstić information content (AvgIpc) is 3.50. The minimum Gasteiger partial charge on any atom is -0.392 e. The van der Waals surface area contributed by atoms with Gasteiger partial charge < -0.3 is 14.9 Å². The van der Waals surface area contributed by atoms with Gasteiger partial charge in [-0.15, -0.1) is 0 Å². The van der Waals surface area contributed by atoms with Crippen molar-refractivity contribution in [2.45, 2.75) is 76.4 Å². The van der Waals surface area contributed by atoms with Crippen LogP contribution in [0.1, 0.15) is 75.3 Å². The van der Waals surface area contributed by atoms with Gasteiger partial charge in [-0.3, -0.25) is 8.37 Å². The first kappa shape index (κ1) is 40.5. The molecule has 3 radical (unpaired) electrons. The zero-order valence-electron chi connectivity index (χ0n) is 27.6. The van der Waals surface area contributed by atoms with Gasteiger partial charge in [-0.1, -0.05) is 38.1 Å². The zero-order valence-corrected chi connectivity index (χ0v) is 29.3. The van der Waals surface area contributed by atoms with Crippen LogP contribution in [0.3, 0.4) is 0 Å². The Hall–Kier alpha value is -1.94. The Balaban J connectivity index is 0.000000292. The van der Waals surface area contributed by atoms with Gasteiger partial charge in [0.2, 0.25) is 0 Å². The van der Waals surface area contributed by atoms with Crippen molar-refractivity contribution in [3.8, 4) is 0 Å². The van der Waals surface area contributed by atoms with E-state index < -0.39 is 44.0 Å². The summed E-state index contributed by atoms with van der Waals surface area (Å²) in [6, 6.07) is 12.2. The highest BCUT2D eigenvalue weighted by Gasteiger charge is 2.43. The molecular weight excluding hydrogens is 665 g/mol. The van der Waals surface area contributed by atoms with Gasteiger partial charge in [0.25, 0.3) is 20.2 Å². The van der Waals surface area contributed by atoms with Crippen molar-refractivity contribution in [2.75, 3.05) is 37.9 Å². The Morgan fingerprint density at radius 2 is 1.19 bits per heavy atom. The van der Waals surface area contributed by atoms with E-state index in [0.29, 0.717) is 43.1 Å². The number of aliphatic hydroxyl groups is 2. The molecule has 0 spiro atoms. The lowest BCUT2D eigenvalue weighted by molar-refractivity contribution is 0.00753. The molecular formula is C34H48BF2O9S2. The maximum atomic E-state index is 13.4. The first-order valence-electron chi connectivity index (χ1n) is 16.5. The minimum atomic E-state index is -3.74. The molecule has 48 heavy (non-hydrogen) atoms. The van der Waals surface area contributed by atoms with Crippen LogP contribution in [-0.4, -0.2) is 85.6 Å². The van der Waals surface area contributed by atoms with Crippen molar-refractivity contribution in [1.82, 2.24) is 0 Å². The number of aliphatic hydroxyl groups excluding tert-OH is 2. The predicted octanol–water partition coefficient (Wildman–Crippen LogP) is 4.76. The topological polar surface area (TPSA) is 136 Å². The van der Waals surface area contributed by atoms with E-state index >= 15 is 0 Å². The molecule has 2 aliphatic carbocycles. The molecule has 1 saturated heterocycles. The van der Waals surface area contributed by atoms with Crippen LogP contribution in [0.5, 0.6) is 0 Å². The highest BCUT2D eigenvalue weighted by molar-refractivity contribution is 7.86. The zero-order chi connectivity index (χ0) is 34.2. The molecule has 0 bridgehead atoms. The maximum Gasteiger partial charge on any atom is 0.267 e. The van der Waals surface area contributed by atoms with Gasteiger partial charge in [-0.2, -0.15) is 16.8 Å². The van der Waals surface area contributed by atoms with Crippen molar-refractivity contribution in [2.24, 2.45) is 23.7 Å². The van der Waals surface area contributed by atoms with Crippen LogP contribution >= 0.6 is 0 Å². The smallest absolute Gasteiger partial charge is 0.267 e. The van der Waals surface area contributed by atoms with Crippen LogP contribution in [0.4, 0.5) is 8.78 Å². The molecule has 14 heteroatoms. The molecule has 0 aromatic heterocycles.